The van der Waals surface area contributed by atoms with Crippen LogP contribution in [0.1, 0.15) is 12.5 Å². The Morgan fingerprint density at radius 1 is 1.24 bits per heavy atom. The van der Waals surface area contributed by atoms with Gasteiger partial charge in [0.05, 0.1) is 7.11 Å². The molecule has 0 fully saturated rings. The molecular formula is C16H15ClFNO2. The summed E-state index contributed by atoms with van der Waals surface area (Å²) in [5, 5.41) is 3.52. The zero-order valence-electron chi connectivity index (χ0n) is 11.7. The van der Waals surface area contributed by atoms with Crippen molar-refractivity contribution in [2.75, 3.05) is 12.4 Å². The van der Waals surface area contributed by atoms with Crippen LogP contribution in [0.4, 0.5) is 10.1 Å². The van der Waals surface area contributed by atoms with Crippen LogP contribution in [0, 0.1) is 5.82 Å². The molecule has 0 radical (unpaired) electrons. The monoisotopic (exact) mass is 307 g/mol. The first-order chi connectivity index (χ1) is 9.97. The fourth-order valence-corrected chi connectivity index (χ4v) is 2.34. The van der Waals surface area contributed by atoms with Gasteiger partial charge in [0.2, 0.25) is 0 Å². The summed E-state index contributed by atoms with van der Waals surface area (Å²) in [5.74, 6) is -1.08. The van der Waals surface area contributed by atoms with Crippen LogP contribution in [-0.2, 0) is 15.1 Å². The highest BCUT2D eigenvalue weighted by atomic mass is 35.5. The molecule has 0 bridgehead atoms. The Labute approximate surface area is 127 Å². The summed E-state index contributed by atoms with van der Waals surface area (Å²) >= 11 is 5.93. The first-order valence-corrected chi connectivity index (χ1v) is 6.72. The van der Waals surface area contributed by atoms with Crippen molar-refractivity contribution in [1.29, 1.82) is 0 Å². The minimum absolute atomic E-state index is 0.205. The van der Waals surface area contributed by atoms with E-state index >= 15 is 0 Å². The highest BCUT2D eigenvalue weighted by Gasteiger charge is 2.38. The van der Waals surface area contributed by atoms with Gasteiger partial charge in [-0.05, 0) is 31.2 Å². The van der Waals surface area contributed by atoms with E-state index in [0.29, 0.717) is 10.7 Å². The number of nitrogens with one attached hydrogen (secondary N) is 1. The zero-order valence-corrected chi connectivity index (χ0v) is 12.4. The van der Waals surface area contributed by atoms with E-state index in [0.717, 1.165) is 0 Å². The van der Waals surface area contributed by atoms with Crippen LogP contribution in [0.2, 0.25) is 5.02 Å². The third-order valence-electron chi connectivity index (χ3n) is 3.23. The van der Waals surface area contributed by atoms with Crippen LogP contribution in [0.25, 0.3) is 0 Å². The Bertz CT molecular complexity index is 662. The van der Waals surface area contributed by atoms with Gasteiger partial charge < -0.3 is 10.1 Å². The summed E-state index contributed by atoms with van der Waals surface area (Å²) in [5.41, 5.74) is -0.555. The Morgan fingerprint density at radius 2 is 1.95 bits per heavy atom. The number of carbonyl (C=O) groups is 1. The predicted molar refractivity (Wildman–Crippen MR) is 80.8 cm³/mol. The topological polar surface area (TPSA) is 38.3 Å². The van der Waals surface area contributed by atoms with Gasteiger partial charge in [0, 0.05) is 16.3 Å². The molecule has 0 amide bonds. The van der Waals surface area contributed by atoms with Gasteiger partial charge in [-0.3, -0.25) is 0 Å². The normalized spacial score (nSPS) is 13.3. The average Bonchev–Trinajstić information content (AvgIpc) is 2.46. The fourth-order valence-electron chi connectivity index (χ4n) is 2.15. The second-order valence-electron chi connectivity index (χ2n) is 4.73. The molecule has 0 aliphatic carbocycles. The SMILES string of the molecule is COC(=O)C(C)(Nc1cccc(Cl)c1)c1ccccc1F. The molecule has 2 aromatic rings. The maximum atomic E-state index is 14.1. The summed E-state index contributed by atoms with van der Waals surface area (Å²) < 4.78 is 18.9. The third kappa shape index (κ3) is 3.16. The summed E-state index contributed by atoms with van der Waals surface area (Å²) in [6, 6.07) is 12.9. The van der Waals surface area contributed by atoms with Gasteiger partial charge in [-0.15, -0.1) is 0 Å². The number of hydrogen-bond acceptors (Lipinski definition) is 3. The van der Waals surface area contributed by atoms with Crippen molar-refractivity contribution in [2.45, 2.75) is 12.5 Å². The van der Waals surface area contributed by atoms with Crippen molar-refractivity contribution in [2.24, 2.45) is 0 Å². The van der Waals surface area contributed by atoms with E-state index in [1.165, 1.54) is 13.2 Å². The first-order valence-electron chi connectivity index (χ1n) is 6.34. The lowest BCUT2D eigenvalue weighted by molar-refractivity contribution is -0.145. The minimum atomic E-state index is -1.36. The number of benzene rings is 2. The Kier molecular flexibility index (Phi) is 4.48. The quantitative estimate of drug-likeness (QED) is 0.868. The van der Waals surface area contributed by atoms with Crippen LogP contribution >= 0.6 is 11.6 Å². The number of halogens is 2. The Balaban J connectivity index is 2.48. The molecule has 2 aromatic carbocycles. The minimum Gasteiger partial charge on any atom is -0.467 e. The number of methoxy groups -OCH3 is 1. The van der Waals surface area contributed by atoms with Crippen molar-refractivity contribution >= 4 is 23.3 Å². The molecule has 1 unspecified atom stereocenters. The summed E-state index contributed by atoms with van der Waals surface area (Å²) in [7, 11) is 1.26. The number of esters is 1. The van der Waals surface area contributed by atoms with Crippen molar-refractivity contribution in [3.63, 3.8) is 0 Å². The highest BCUT2D eigenvalue weighted by Crippen LogP contribution is 2.30. The van der Waals surface area contributed by atoms with E-state index in [4.69, 9.17) is 16.3 Å². The second-order valence-corrected chi connectivity index (χ2v) is 5.17. The lowest BCUT2D eigenvalue weighted by Crippen LogP contribution is -2.42. The third-order valence-corrected chi connectivity index (χ3v) is 3.46. The van der Waals surface area contributed by atoms with Crippen LogP contribution in [-0.4, -0.2) is 13.1 Å². The molecule has 0 spiro atoms. The highest BCUT2D eigenvalue weighted by molar-refractivity contribution is 6.30. The van der Waals surface area contributed by atoms with E-state index < -0.39 is 17.3 Å². The molecule has 1 atom stereocenters. The zero-order chi connectivity index (χ0) is 15.5. The predicted octanol–water partition coefficient (Wildman–Crippen LogP) is 3.98. The van der Waals surface area contributed by atoms with Crippen LogP contribution < -0.4 is 5.32 Å². The molecule has 0 saturated carbocycles. The molecule has 3 nitrogen and oxygen atoms in total. The summed E-state index contributed by atoms with van der Waals surface area (Å²) in [6.07, 6.45) is 0. The lowest BCUT2D eigenvalue weighted by atomic mass is 9.91. The van der Waals surface area contributed by atoms with Crippen molar-refractivity contribution in [3.05, 3.63) is 64.9 Å². The van der Waals surface area contributed by atoms with Crippen molar-refractivity contribution < 1.29 is 13.9 Å². The Morgan fingerprint density at radius 3 is 2.57 bits per heavy atom. The number of carbonyl (C=O) groups excluding carboxylic acids is 1. The standard InChI is InChI=1S/C16H15ClFNO2/c1-16(15(20)21-2,13-8-3-4-9-14(13)18)19-12-7-5-6-11(17)10-12/h3-10,19H,1-2H3. The summed E-state index contributed by atoms with van der Waals surface area (Å²) in [6.45, 7) is 1.57. The molecule has 0 aliphatic heterocycles. The number of ether oxygens (including phenoxy) is 1. The average molecular weight is 308 g/mol. The van der Waals surface area contributed by atoms with Gasteiger partial charge in [0.15, 0.2) is 5.54 Å². The maximum absolute atomic E-state index is 14.1. The lowest BCUT2D eigenvalue weighted by Gasteiger charge is -2.30. The largest absolute Gasteiger partial charge is 0.467 e. The van der Waals surface area contributed by atoms with E-state index in [-0.39, 0.29) is 5.56 Å². The molecule has 0 saturated heterocycles. The fraction of sp³-hybridized carbons (Fsp3) is 0.188. The molecule has 5 heteroatoms. The van der Waals surface area contributed by atoms with E-state index in [9.17, 15) is 9.18 Å². The molecule has 1 N–H and O–H groups in total. The first kappa shape index (κ1) is 15.3. The maximum Gasteiger partial charge on any atom is 0.336 e. The summed E-state index contributed by atoms with van der Waals surface area (Å²) in [4.78, 5) is 12.2. The number of anilines is 1. The number of hydrogen-bond donors (Lipinski definition) is 1. The Hall–Kier alpha value is -2.07. The van der Waals surface area contributed by atoms with Gasteiger partial charge >= 0.3 is 5.97 Å². The molecular weight excluding hydrogens is 293 g/mol. The van der Waals surface area contributed by atoms with E-state index in [1.807, 2.05) is 0 Å². The molecule has 2 rings (SSSR count). The van der Waals surface area contributed by atoms with Gasteiger partial charge in [0.1, 0.15) is 5.82 Å². The van der Waals surface area contributed by atoms with Crippen molar-refractivity contribution in [1.82, 2.24) is 0 Å². The van der Waals surface area contributed by atoms with Gasteiger partial charge in [0.25, 0.3) is 0 Å². The van der Waals surface area contributed by atoms with Gasteiger partial charge in [-0.1, -0.05) is 35.9 Å². The van der Waals surface area contributed by atoms with E-state index in [1.54, 1.807) is 49.4 Å². The van der Waals surface area contributed by atoms with Crippen molar-refractivity contribution in [3.8, 4) is 0 Å². The van der Waals surface area contributed by atoms with Crippen LogP contribution in [0.5, 0.6) is 0 Å². The van der Waals surface area contributed by atoms with Gasteiger partial charge in [-0.25, -0.2) is 9.18 Å². The van der Waals surface area contributed by atoms with Crippen LogP contribution in [0.3, 0.4) is 0 Å². The molecule has 110 valence electrons. The second kappa shape index (κ2) is 6.14. The molecule has 0 heterocycles. The number of rotatable bonds is 4. The van der Waals surface area contributed by atoms with E-state index in [2.05, 4.69) is 5.32 Å². The molecule has 0 aromatic heterocycles. The van der Waals surface area contributed by atoms with Crippen LogP contribution in [0.15, 0.2) is 48.5 Å². The smallest absolute Gasteiger partial charge is 0.336 e. The molecule has 0 aliphatic rings. The molecule has 21 heavy (non-hydrogen) atoms. The van der Waals surface area contributed by atoms with Gasteiger partial charge in [-0.2, -0.15) is 0 Å².